The van der Waals surface area contributed by atoms with Crippen molar-refractivity contribution in [1.82, 2.24) is 21.3 Å². The van der Waals surface area contributed by atoms with Crippen molar-refractivity contribution >= 4 is 35.6 Å². The molecule has 0 spiro atoms. The van der Waals surface area contributed by atoms with Gasteiger partial charge in [-0.05, 0) is 130 Å². The van der Waals surface area contributed by atoms with Gasteiger partial charge in [0.15, 0.2) is 0 Å². The van der Waals surface area contributed by atoms with Crippen molar-refractivity contribution in [2.75, 3.05) is 12.3 Å². The molecule has 6 rings (SSSR count). The van der Waals surface area contributed by atoms with Crippen LogP contribution in [0.15, 0.2) is 0 Å². The van der Waals surface area contributed by atoms with Crippen molar-refractivity contribution in [2.45, 2.75) is 165 Å². The minimum atomic E-state index is -1.06. The second kappa shape index (κ2) is 17.0. The summed E-state index contributed by atoms with van der Waals surface area (Å²) in [7, 11) is 0. The van der Waals surface area contributed by atoms with Crippen molar-refractivity contribution in [3.63, 3.8) is 0 Å². The number of carboxylic acid groups (broad SMARTS) is 1. The molecule has 8 N–H and O–H groups in total. The Bertz CT molecular complexity index is 1340. The van der Waals surface area contributed by atoms with Gasteiger partial charge in [-0.3, -0.25) is 9.59 Å². The van der Waals surface area contributed by atoms with Crippen LogP contribution in [0.1, 0.15) is 124 Å². The van der Waals surface area contributed by atoms with E-state index in [1.54, 1.807) is 0 Å². The first kappa shape index (κ1) is 40.6. The van der Waals surface area contributed by atoms with E-state index in [1.165, 1.54) is 0 Å². The molecule has 15 atom stereocenters. The fourth-order valence-electron chi connectivity index (χ4n) is 12.3. The van der Waals surface area contributed by atoms with Gasteiger partial charge in [-0.1, -0.05) is 27.2 Å². The number of aliphatic hydroxyl groups excluding tert-OH is 3. The molecule has 0 unspecified atom stereocenters. The third kappa shape index (κ3) is 8.53. The lowest BCUT2D eigenvalue weighted by Gasteiger charge is -2.63. The van der Waals surface area contributed by atoms with Crippen molar-refractivity contribution in [1.29, 1.82) is 0 Å². The number of fused-ring (bicyclic) bond motifs is 6. The molecule has 0 bridgehead atoms. The highest BCUT2D eigenvalue weighted by molar-refractivity contribution is 8.00. The number of hydrogen-bond donors (Lipinski definition) is 8. The summed E-state index contributed by atoms with van der Waals surface area (Å²) in [6.07, 6.45) is 9.96. The number of urea groups is 1. The Balaban J connectivity index is 0.887. The molecule has 12 nitrogen and oxygen atoms in total. The molecule has 13 heteroatoms. The van der Waals surface area contributed by atoms with Crippen LogP contribution < -0.4 is 21.3 Å². The smallest absolute Gasteiger partial charge is 0.326 e. The fourth-order valence-corrected chi connectivity index (χ4v) is 13.8. The number of aliphatic hydroxyl groups is 3. The summed E-state index contributed by atoms with van der Waals surface area (Å²) in [4.78, 5) is 48.9. The molecule has 0 aromatic carbocycles. The summed E-state index contributed by atoms with van der Waals surface area (Å²) in [6.45, 7) is 7.17. The van der Waals surface area contributed by atoms with Gasteiger partial charge >= 0.3 is 12.0 Å². The van der Waals surface area contributed by atoms with E-state index >= 15 is 0 Å². The van der Waals surface area contributed by atoms with Crippen LogP contribution in [-0.2, 0) is 14.4 Å². The normalized spacial score (nSPS) is 41.2. The summed E-state index contributed by atoms with van der Waals surface area (Å²) < 4.78 is 0. The zero-order chi connectivity index (χ0) is 38.1. The number of thioether (sulfide) groups is 1. The van der Waals surface area contributed by atoms with Crippen LogP contribution in [0.25, 0.3) is 0 Å². The summed E-state index contributed by atoms with van der Waals surface area (Å²) >= 11 is 1.87. The Kier molecular flexibility index (Phi) is 13.0. The number of amides is 4. The summed E-state index contributed by atoms with van der Waals surface area (Å²) in [6, 6.07) is -0.683. The summed E-state index contributed by atoms with van der Waals surface area (Å²) in [5.74, 6) is 0.811. The number of carboxylic acids is 1. The Morgan fingerprint density at radius 2 is 1.72 bits per heavy atom. The van der Waals surface area contributed by atoms with Gasteiger partial charge < -0.3 is 41.7 Å². The molecule has 53 heavy (non-hydrogen) atoms. The van der Waals surface area contributed by atoms with Crippen molar-refractivity contribution in [2.24, 2.45) is 46.3 Å². The van der Waals surface area contributed by atoms with Crippen LogP contribution in [-0.4, -0.2) is 98.2 Å². The van der Waals surface area contributed by atoms with E-state index in [0.29, 0.717) is 43.9 Å². The average Bonchev–Trinajstić information content (AvgIpc) is 3.78. The lowest BCUT2D eigenvalue weighted by molar-refractivity contribution is -0.207. The molecule has 4 saturated carbocycles. The predicted octanol–water partition coefficient (Wildman–Crippen LogP) is 3.95. The first-order valence-electron chi connectivity index (χ1n) is 20.7. The Hall–Kier alpha value is -2.09. The van der Waals surface area contributed by atoms with Gasteiger partial charge in [0.25, 0.3) is 0 Å². The molecule has 2 heterocycles. The maximum Gasteiger partial charge on any atom is 0.326 e. The SMILES string of the molecule is C[C@H](CCC(=O)N[C@@H](CCCCNC(=O)CCCC[C@@H]1SC[C@@H]2NC(=O)N[C@@H]21)C(=O)O)[C@H]1CC[C@H]2[C@@H]3[C@H](O)C[C@@H]4C[C@H](O)CC[C@]4(C)[C@H]3C[C@H](O)[C@]12C. The second-order valence-electron chi connectivity index (χ2n) is 18.2. The minimum absolute atomic E-state index is 0.0131. The molecule has 0 radical (unpaired) electrons. The van der Waals surface area contributed by atoms with E-state index < -0.39 is 24.2 Å². The monoisotopic (exact) mass is 762 g/mol. The predicted molar refractivity (Wildman–Crippen MR) is 203 cm³/mol. The third-order valence-corrected chi connectivity index (χ3v) is 16.8. The second-order valence-corrected chi connectivity index (χ2v) is 19.5. The van der Waals surface area contributed by atoms with Crippen LogP contribution in [0.2, 0.25) is 0 Å². The first-order chi connectivity index (χ1) is 25.2. The van der Waals surface area contributed by atoms with E-state index in [2.05, 4.69) is 42.0 Å². The molecule has 2 aliphatic heterocycles. The van der Waals surface area contributed by atoms with Gasteiger partial charge in [0, 0.05) is 30.4 Å². The fraction of sp³-hybridized carbons (Fsp3) is 0.900. The molecule has 2 saturated heterocycles. The van der Waals surface area contributed by atoms with Crippen molar-refractivity contribution < 1.29 is 39.6 Å². The minimum Gasteiger partial charge on any atom is -0.480 e. The van der Waals surface area contributed by atoms with Crippen molar-refractivity contribution in [3.8, 4) is 0 Å². The number of carbonyl (C=O) groups excluding carboxylic acids is 3. The van der Waals surface area contributed by atoms with E-state index in [4.69, 9.17) is 0 Å². The largest absolute Gasteiger partial charge is 0.480 e. The highest BCUT2D eigenvalue weighted by Crippen LogP contribution is 2.68. The summed E-state index contributed by atoms with van der Waals surface area (Å²) in [5, 5.41) is 55.6. The zero-order valence-corrected chi connectivity index (χ0v) is 32.9. The Morgan fingerprint density at radius 3 is 2.49 bits per heavy atom. The molecular formula is C40H66N4O8S. The van der Waals surface area contributed by atoms with E-state index in [-0.39, 0.29) is 95.2 Å². The highest BCUT2D eigenvalue weighted by Gasteiger charge is 2.65. The Labute approximate surface area is 319 Å². The van der Waals surface area contributed by atoms with Gasteiger partial charge in [-0.25, -0.2) is 9.59 Å². The molecule has 4 amide bonds. The van der Waals surface area contributed by atoms with Crippen LogP contribution in [0, 0.1) is 46.3 Å². The van der Waals surface area contributed by atoms with Gasteiger partial charge in [0.2, 0.25) is 11.8 Å². The average molecular weight is 763 g/mol. The Morgan fingerprint density at radius 1 is 0.925 bits per heavy atom. The van der Waals surface area contributed by atoms with Crippen molar-refractivity contribution in [3.05, 3.63) is 0 Å². The number of aliphatic carboxylic acids is 1. The van der Waals surface area contributed by atoms with Gasteiger partial charge in [0.1, 0.15) is 6.04 Å². The quantitative estimate of drug-likeness (QED) is 0.0849. The van der Waals surface area contributed by atoms with E-state index in [1.807, 2.05) is 11.8 Å². The van der Waals surface area contributed by atoms with Crippen LogP contribution >= 0.6 is 11.8 Å². The van der Waals surface area contributed by atoms with Gasteiger partial charge in [-0.2, -0.15) is 11.8 Å². The standard InChI is InChI=1S/C40H66N4O8S/c1-22(25-12-13-26-35-27(20-32(47)40(25,26)3)39(2)16-15-24(45)18-23(39)19-30(35)46)11-14-34(49)42-28(37(50)51)8-6-7-17-41-33(48)10-5-4-9-31-36-29(21-53-31)43-38(52)44-36/h22-32,35-36,45-47H,4-21H2,1-3H3,(H,41,48)(H,42,49)(H,50,51)(H2,43,44,52)/t22-,23+,24-,25-,26+,27+,28+,29+,30-,31+,32+,35+,36+,39+,40-/m1/s1. The lowest BCUT2D eigenvalue weighted by Crippen LogP contribution is -2.62. The number of carbonyl (C=O) groups is 4. The molecule has 4 aliphatic carbocycles. The van der Waals surface area contributed by atoms with Crippen LogP contribution in [0.5, 0.6) is 0 Å². The molecule has 0 aromatic heterocycles. The highest BCUT2D eigenvalue weighted by atomic mass is 32.2. The van der Waals surface area contributed by atoms with Gasteiger partial charge in [0.05, 0.1) is 30.4 Å². The first-order valence-corrected chi connectivity index (χ1v) is 21.8. The van der Waals surface area contributed by atoms with E-state index in [0.717, 1.165) is 63.5 Å². The zero-order valence-electron chi connectivity index (χ0n) is 32.1. The summed E-state index contributed by atoms with van der Waals surface area (Å²) in [5.41, 5.74) is -0.322. The third-order valence-electron chi connectivity index (χ3n) is 15.3. The molecule has 0 aromatic rings. The van der Waals surface area contributed by atoms with Gasteiger partial charge in [-0.15, -0.1) is 0 Å². The maximum absolute atomic E-state index is 13.0. The number of rotatable bonds is 16. The number of hydrogen-bond acceptors (Lipinski definition) is 8. The number of nitrogens with one attached hydrogen (secondary N) is 4. The molecular weight excluding hydrogens is 697 g/mol. The van der Waals surface area contributed by atoms with E-state index in [9.17, 15) is 39.6 Å². The molecule has 6 aliphatic rings. The molecule has 6 fully saturated rings. The maximum atomic E-state index is 13.0. The molecule has 300 valence electrons. The number of unbranched alkanes of at least 4 members (excludes halogenated alkanes) is 2. The lowest BCUT2D eigenvalue weighted by atomic mass is 9.43. The van der Waals surface area contributed by atoms with Crippen LogP contribution in [0.4, 0.5) is 4.79 Å². The topological polar surface area (TPSA) is 197 Å². The van der Waals surface area contributed by atoms with Crippen LogP contribution in [0.3, 0.4) is 0 Å².